The maximum atomic E-state index is 12.3. The third-order valence-corrected chi connectivity index (χ3v) is 7.32. The summed E-state index contributed by atoms with van der Waals surface area (Å²) in [6, 6.07) is 43.5. The molecule has 0 fully saturated rings. The second kappa shape index (κ2) is 9.26. The summed E-state index contributed by atoms with van der Waals surface area (Å²) in [7, 11) is 1.40. The van der Waals surface area contributed by atoms with Crippen molar-refractivity contribution >= 4 is 44.6 Å². The second-order valence-electron chi connectivity index (χ2n) is 9.62. The van der Waals surface area contributed by atoms with Crippen LogP contribution in [0.5, 0.6) is 0 Å². The van der Waals surface area contributed by atoms with E-state index in [-0.39, 0.29) is 5.97 Å². The Morgan fingerprint density at radius 2 is 1.10 bits per heavy atom. The maximum absolute atomic E-state index is 12.3. The van der Waals surface area contributed by atoms with Crippen molar-refractivity contribution in [1.29, 1.82) is 0 Å². The van der Waals surface area contributed by atoms with Crippen molar-refractivity contribution in [2.45, 2.75) is 0 Å². The van der Waals surface area contributed by atoms with Gasteiger partial charge in [-0.05, 0) is 69.1 Å². The Morgan fingerprint density at radius 1 is 0.564 bits per heavy atom. The number of carbonyl (C=O) groups excluding carboxylic acids is 1. The molecule has 0 saturated heterocycles. The first kappa shape index (κ1) is 22.9. The molecule has 0 amide bonds. The molecule has 4 nitrogen and oxygen atoms in total. The van der Waals surface area contributed by atoms with Crippen molar-refractivity contribution in [2.24, 2.45) is 5.10 Å². The van der Waals surface area contributed by atoms with Gasteiger partial charge in [-0.1, -0.05) is 91.0 Å². The number of anilines is 2. The highest BCUT2D eigenvalue weighted by Gasteiger charge is 2.27. The summed E-state index contributed by atoms with van der Waals surface area (Å²) in [5.41, 5.74) is 7.35. The zero-order valence-corrected chi connectivity index (χ0v) is 21.3. The molecule has 186 valence electrons. The van der Waals surface area contributed by atoms with Crippen molar-refractivity contribution in [2.75, 3.05) is 12.1 Å². The first-order valence-electron chi connectivity index (χ1n) is 12.9. The molecule has 0 radical (unpaired) electrons. The standard InChI is InChI=1S/C35H24N2O2/c1-39-35(38)27-16-19-32-33(22-27)30-12-6-7-13-31(30)34(32)36-37(28-17-14-23-8-2-4-10-25(23)20-28)29-18-15-24-9-3-5-11-26(24)21-29/h2-22H,1H3/b36-34-. The topological polar surface area (TPSA) is 41.9 Å². The summed E-state index contributed by atoms with van der Waals surface area (Å²) in [5.74, 6) is -0.352. The highest BCUT2D eigenvalue weighted by molar-refractivity contribution is 6.25. The van der Waals surface area contributed by atoms with Gasteiger partial charge in [-0.15, -0.1) is 0 Å². The molecule has 6 aromatic rings. The van der Waals surface area contributed by atoms with E-state index in [4.69, 9.17) is 9.84 Å². The molecule has 0 atom stereocenters. The number of hydrogen-bond acceptors (Lipinski definition) is 4. The zero-order chi connectivity index (χ0) is 26.3. The minimum absolute atomic E-state index is 0.352. The average molecular weight is 505 g/mol. The lowest BCUT2D eigenvalue weighted by molar-refractivity contribution is 0.0601. The predicted molar refractivity (Wildman–Crippen MR) is 159 cm³/mol. The van der Waals surface area contributed by atoms with Gasteiger partial charge in [0.25, 0.3) is 0 Å². The van der Waals surface area contributed by atoms with Crippen LogP contribution in [0.3, 0.4) is 0 Å². The quantitative estimate of drug-likeness (QED) is 0.179. The fourth-order valence-electron chi connectivity index (χ4n) is 5.38. The Hall–Kier alpha value is -5.22. The number of fused-ring (bicyclic) bond motifs is 5. The van der Waals surface area contributed by atoms with E-state index < -0.39 is 0 Å². The van der Waals surface area contributed by atoms with Crippen LogP contribution in [0, 0.1) is 0 Å². The Bertz CT molecular complexity index is 1860. The van der Waals surface area contributed by atoms with Crippen molar-refractivity contribution in [3.8, 4) is 11.1 Å². The van der Waals surface area contributed by atoms with E-state index in [9.17, 15) is 4.79 Å². The zero-order valence-electron chi connectivity index (χ0n) is 21.3. The lowest BCUT2D eigenvalue weighted by Gasteiger charge is -2.22. The third kappa shape index (κ3) is 3.94. The van der Waals surface area contributed by atoms with Crippen molar-refractivity contribution in [1.82, 2.24) is 0 Å². The van der Waals surface area contributed by atoms with Crippen LogP contribution in [0.4, 0.5) is 11.4 Å². The number of benzene rings is 6. The van der Waals surface area contributed by atoms with Crippen LogP contribution < -0.4 is 5.01 Å². The molecule has 0 saturated carbocycles. The second-order valence-corrected chi connectivity index (χ2v) is 9.62. The molecule has 0 spiro atoms. The molecule has 6 aromatic carbocycles. The number of hydrazone groups is 1. The molecule has 0 N–H and O–H groups in total. The highest BCUT2D eigenvalue weighted by Crippen LogP contribution is 2.39. The predicted octanol–water partition coefficient (Wildman–Crippen LogP) is 8.35. The van der Waals surface area contributed by atoms with Gasteiger partial charge >= 0.3 is 5.97 Å². The maximum Gasteiger partial charge on any atom is 0.337 e. The van der Waals surface area contributed by atoms with E-state index in [1.165, 1.54) is 17.9 Å². The molecule has 0 unspecified atom stereocenters. The van der Waals surface area contributed by atoms with Crippen LogP contribution in [0.15, 0.2) is 132 Å². The van der Waals surface area contributed by atoms with Gasteiger partial charge in [0.2, 0.25) is 0 Å². The average Bonchev–Trinajstić information content (AvgIpc) is 3.31. The first-order valence-corrected chi connectivity index (χ1v) is 12.9. The molecule has 0 aliphatic heterocycles. The summed E-state index contributed by atoms with van der Waals surface area (Å²) in [4.78, 5) is 12.3. The number of methoxy groups -OCH3 is 1. The minimum Gasteiger partial charge on any atom is -0.465 e. The summed E-state index contributed by atoms with van der Waals surface area (Å²) < 4.78 is 4.98. The fourth-order valence-corrected chi connectivity index (χ4v) is 5.38. The lowest BCUT2D eigenvalue weighted by Crippen LogP contribution is -2.14. The molecule has 7 rings (SSSR count). The van der Waals surface area contributed by atoms with Crippen molar-refractivity contribution in [3.63, 3.8) is 0 Å². The Balaban J connectivity index is 1.46. The van der Waals surface area contributed by atoms with Crippen LogP contribution in [-0.4, -0.2) is 18.8 Å². The van der Waals surface area contributed by atoms with Gasteiger partial charge in [0.1, 0.15) is 0 Å². The number of carbonyl (C=O) groups is 1. The lowest BCUT2D eigenvalue weighted by atomic mass is 10.0. The normalized spacial score (nSPS) is 12.9. The number of nitrogens with zero attached hydrogens (tertiary/aromatic N) is 2. The number of hydrogen-bond donors (Lipinski definition) is 0. The van der Waals surface area contributed by atoms with E-state index in [0.29, 0.717) is 5.56 Å². The molecule has 0 aromatic heterocycles. The molecular formula is C35H24N2O2. The minimum atomic E-state index is -0.352. The van der Waals surface area contributed by atoms with Crippen LogP contribution in [0.2, 0.25) is 0 Å². The monoisotopic (exact) mass is 504 g/mol. The van der Waals surface area contributed by atoms with E-state index in [0.717, 1.165) is 50.1 Å². The molecule has 4 heteroatoms. The largest absolute Gasteiger partial charge is 0.465 e. The fraction of sp³-hybridized carbons (Fsp3) is 0.0286. The molecule has 39 heavy (non-hydrogen) atoms. The van der Waals surface area contributed by atoms with Gasteiger partial charge in [-0.3, -0.25) is 0 Å². The smallest absolute Gasteiger partial charge is 0.337 e. The molecular weight excluding hydrogens is 480 g/mol. The molecule has 0 heterocycles. The summed E-state index contributed by atoms with van der Waals surface area (Å²) in [6.07, 6.45) is 0. The van der Waals surface area contributed by atoms with Gasteiger partial charge in [-0.2, -0.15) is 5.10 Å². The van der Waals surface area contributed by atoms with E-state index in [2.05, 4.69) is 97.1 Å². The van der Waals surface area contributed by atoms with Gasteiger partial charge in [0, 0.05) is 11.1 Å². The van der Waals surface area contributed by atoms with Crippen LogP contribution in [0.25, 0.3) is 32.7 Å². The Kier molecular flexibility index (Phi) is 5.45. The third-order valence-electron chi connectivity index (χ3n) is 7.32. The van der Waals surface area contributed by atoms with E-state index >= 15 is 0 Å². The van der Waals surface area contributed by atoms with Crippen LogP contribution in [-0.2, 0) is 4.74 Å². The number of esters is 1. The van der Waals surface area contributed by atoms with Crippen molar-refractivity contribution < 1.29 is 9.53 Å². The SMILES string of the molecule is COC(=O)c1ccc2c(c1)-c1ccccc1/C2=N/N(c1ccc2ccccc2c1)c1ccc2ccccc2c1. The van der Waals surface area contributed by atoms with Gasteiger partial charge in [0.15, 0.2) is 0 Å². The highest BCUT2D eigenvalue weighted by atomic mass is 16.5. The van der Waals surface area contributed by atoms with Crippen molar-refractivity contribution in [3.05, 3.63) is 144 Å². The number of rotatable bonds is 4. The molecule has 1 aliphatic carbocycles. The van der Waals surface area contributed by atoms with Gasteiger partial charge in [-0.25, -0.2) is 9.80 Å². The van der Waals surface area contributed by atoms with E-state index in [1.807, 2.05) is 35.3 Å². The van der Waals surface area contributed by atoms with Crippen LogP contribution >= 0.6 is 0 Å². The van der Waals surface area contributed by atoms with Gasteiger partial charge < -0.3 is 4.74 Å². The summed E-state index contributed by atoms with van der Waals surface area (Å²) in [5, 5.41) is 12.0. The number of ether oxygens (including phenoxy) is 1. The Labute approximate surface area is 226 Å². The summed E-state index contributed by atoms with van der Waals surface area (Å²) >= 11 is 0. The Morgan fingerprint density at radius 3 is 1.72 bits per heavy atom. The summed E-state index contributed by atoms with van der Waals surface area (Å²) in [6.45, 7) is 0. The molecule has 0 bridgehead atoms. The van der Waals surface area contributed by atoms with E-state index in [1.54, 1.807) is 0 Å². The first-order chi connectivity index (χ1) is 19.2. The van der Waals surface area contributed by atoms with Gasteiger partial charge in [0.05, 0.1) is 29.8 Å². The van der Waals surface area contributed by atoms with Crippen LogP contribution in [0.1, 0.15) is 21.5 Å². The molecule has 1 aliphatic rings.